The van der Waals surface area contributed by atoms with Gasteiger partial charge in [0.25, 0.3) is 0 Å². The van der Waals surface area contributed by atoms with Crippen LogP contribution in [0.1, 0.15) is 11.8 Å². The van der Waals surface area contributed by atoms with E-state index < -0.39 is 17.4 Å². The molecule has 0 aliphatic rings. The molecular formula is C12H18N2O3S2. The number of hydrogen-bond acceptors (Lipinski definition) is 5. The maximum atomic E-state index is 11.5. The molecule has 0 saturated carbocycles. The van der Waals surface area contributed by atoms with Crippen LogP contribution in [0.4, 0.5) is 0 Å². The summed E-state index contributed by atoms with van der Waals surface area (Å²) in [4.78, 5) is 24.0. The SMILES string of the molecule is CSCC(C)(O)CNC(=O)C(=O)NCc1cccs1. The lowest BCUT2D eigenvalue weighted by atomic mass is 10.1. The van der Waals surface area contributed by atoms with E-state index in [1.165, 1.54) is 23.1 Å². The summed E-state index contributed by atoms with van der Waals surface area (Å²) >= 11 is 2.99. The second-order valence-corrected chi connectivity index (χ2v) is 6.27. The Morgan fingerprint density at radius 1 is 1.42 bits per heavy atom. The molecule has 0 fully saturated rings. The van der Waals surface area contributed by atoms with Crippen LogP contribution in [-0.2, 0) is 16.1 Å². The number of thiophene rings is 1. The molecule has 1 rings (SSSR count). The first-order chi connectivity index (χ1) is 8.94. The molecule has 1 unspecified atom stereocenters. The normalized spacial score (nSPS) is 13.6. The maximum absolute atomic E-state index is 11.5. The lowest BCUT2D eigenvalue weighted by Crippen LogP contribution is -2.47. The molecule has 3 N–H and O–H groups in total. The van der Waals surface area contributed by atoms with Crippen LogP contribution in [0.25, 0.3) is 0 Å². The molecule has 1 atom stereocenters. The molecule has 0 saturated heterocycles. The average molecular weight is 302 g/mol. The van der Waals surface area contributed by atoms with Crippen molar-refractivity contribution in [3.05, 3.63) is 22.4 Å². The van der Waals surface area contributed by atoms with Crippen molar-refractivity contribution in [2.75, 3.05) is 18.6 Å². The third-order valence-corrected chi connectivity index (χ3v) is 4.08. The van der Waals surface area contributed by atoms with Gasteiger partial charge in [-0.05, 0) is 24.6 Å². The number of nitrogens with one attached hydrogen (secondary N) is 2. The first-order valence-electron chi connectivity index (χ1n) is 5.74. The molecule has 0 aliphatic carbocycles. The molecule has 0 bridgehead atoms. The van der Waals surface area contributed by atoms with Crippen molar-refractivity contribution in [1.82, 2.24) is 10.6 Å². The Kier molecular flexibility index (Phi) is 6.33. The number of thioether (sulfide) groups is 1. The van der Waals surface area contributed by atoms with Crippen LogP contribution >= 0.6 is 23.1 Å². The van der Waals surface area contributed by atoms with E-state index in [0.29, 0.717) is 12.3 Å². The number of carbonyl (C=O) groups is 2. The number of rotatable bonds is 6. The van der Waals surface area contributed by atoms with Gasteiger partial charge in [-0.25, -0.2) is 0 Å². The van der Waals surface area contributed by atoms with Crippen LogP contribution < -0.4 is 10.6 Å². The Labute approximate surface area is 120 Å². The van der Waals surface area contributed by atoms with Crippen LogP contribution in [0.15, 0.2) is 17.5 Å². The van der Waals surface area contributed by atoms with Crippen molar-refractivity contribution < 1.29 is 14.7 Å². The third kappa shape index (κ3) is 6.09. The van der Waals surface area contributed by atoms with Gasteiger partial charge in [-0.15, -0.1) is 11.3 Å². The fourth-order valence-corrected chi connectivity index (χ4v) is 2.74. The third-order valence-electron chi connectivity index (χ3n) is 2.29. The topological polar surface area (TPSA) is 78.4 Å². The minimum atomic E-state index is -1.01. The predicted molar refractivity (Wildman–Crippen MR) is 78.2 cm³/mol. The zero-order valence-corrected chi connectivity index (χ0v) is 12.6. The van der Waals surface area contributed by atoms with E-state index in [-0.39, 0.29) is 6.54 Å². The Hall–Kier alpha value is -1.05. The van der Waals surface area contributed by atoms with Gasteiger partial charge in [0.1, 0.15) is 0 Å². The molecule has 1 aromatic rings. The predicted octanol–water partition coefficient (Wildman–Crippen LogP) is 0.594. The summed E-state index contributed by atoms with van der Waals surface area (Å²) in [5.74, 6) is -0.921. The molecule has 0 aliphatic heterocycles. The van der Waals surface area contributed by atoms with Gasteiger partial charge in [0, 0.05) is 17.2 Å². The van der Waals surface area contributed by atoms with Crippen LogP contribution in [0.3, 0.4) is 0 Å². The monoisotopic (exact) mass is 302 g/mol. The standard InChI is InChI=1S/C12H18N2O3S2/c1-12(17,8-18-2)7-14-11(16)10(15)13-6-9-4-3-5-19-9/h3-5,17H,6-8H2,1-2H3,(H,13,15)(H,14,16). The van der Waals surface area contributed by atoms with Crippen molar-refractivity contribution in [3.8, 4) is 0 Å². The smallest absolute Gasteiger partial charge is 0.309 e. The fraction of sp³-hybridized carbons (Fsp3) is 0.500. The molecule has 1 aromatic heterocycles. The molecule has 0 aromatic carbocycles. The minimum absolute atomic E-state index is 0.0547. The van der Waals surface area contributed by atoms with E-state index in [9.17, 15) is 14.7 Å². The first-order valence-corrected chi connectivity index (χ1v) is 8.02. The molecule has 19 heavy (non-hydrogen) atoms. The van der Waals surface area contributed by atoms with E-state index in [2.05, 4.69) is 10.6 Å². The Balaban J connectivity index is 2.31. The second kappa shape index (κ2) is 7.52. The van der Waals surface area contributed by atoms with Gasteiger partial charge in [-0.1, -0.05) is 6.07 Å². The molecule has 7 heteroatoms. The minimum Gasteiger partial charge on any atom is -0.387 e. The quantitative estimate of drug-likeness (QED) is 0.672. The maximum Gasteiger partial charge on any atom is 0.309 e. The van der Waals surface area contributed by atoms with Crippen molar-refractivity contribution in [2.45, 2.75) is 19.1 Å². The Morgan fingerprint density at radius 3 is 2.68 bits per heavy atom. The zero-order chi connectivity index (χ0) is 14.3. The highest BCUT2D eigenvalue weighted by Gasteiger charge is 2.22. The number of amides is 2. The lowest BCUT2D eigenvalue weighted by Gasteiger charge is -2.22. The summed E-state index contributed by atoms with van der Waals surface area (Å²) in [5.41, 5.74) is -1.01. The number of aliphatic hydroxyl groups is 1. The molecule has 2 amide bonds. The summed E-state index contributed by atoms with van der Waals surface area (Å²) in [7, 11) is 0. The Bertz CT molecular complexity index is 419. The molecular weight excluding hydrogens is 284 g/mol. The number of carbonyl (C=O) groups excluding carboxylic acids is 2. The van der Waals surface area contributed by atoms with Crippen molar-refractivity contribution in [3.63, 3.8) is 0 Å². The number of hydrogen-bond donors (Lipinski definition) is 3. The van der Waals surface area contributed by atoms with Gasteiger partial charge in [0.15, 0.2) is 0 Å². The molecule has 0 radical (unpaired) electrons. The molecule has 106 valence electrons. The molecule has 0 spiro atoms. The van der Waals surface area contributed by atoms with Gasteiger partial charge in [0.05, 0.1) is 12.1 Å². The van der Waals surface area contributed by atoms with Gasteiger partial charge in [-0.3, -0.25) is 9.59 Å². The summed E-state index contributed by atoms with van der Waals surface area (Å²) in [6.45, 7) is 2.01. The van der Waals surface area contributed by atoms with Gasteiger partial charge >= 0.3 is 11.8 Å². The Morgan fingerprint density at radius 2 is 2.11 bits per heavy atom. The van der Waals surface area contributed by atoms with Crippen LogP contribution in [0.2, 0.25) is 0 Å². The van der Waals surface area contributed by atoms with E-state index >= 15 is 0 Å². The van der Waals surface area contributed by atoms with Crippen LogP contribution in [-0.4, -0.2) is 41.1 Å². The van der Waals surface area contributed by atoms with Crippen molar-refractivity contribution >= 4 is 34.9 Å². The fourth-order valence-electron chi connectivity index (χ4n) is 1.37. The second-order valence-electron chi connectivity index (χ2n) is 4.37. The van der Waals surface area contributed by atoms with Gasteiger partial charge in [0.2, 0.25) is 0 Å². The van der Waals surface area contributed by atoms with Gasteiger partial charge < -0.3 is 15.7 Å². The molecule has 1 heterocycles. The van der Waals surface area contributed by atoms with E-state index in [0.717, 1.165) is 4.88 Å². The van der Waals surface area contributed by atoms with E-state index in [4.69, 9.17) is 0 Å². The molecule has 5 nitrogen and oxygen atoms in total. The van der Waals surface area contributed by atoms with E-state index in [1.807, 2.05) is 23.8 Å². The van der Waals surface area contributed by atoms with Crippen molar-refractivity contribution in [1.29, 1.82) is 0 Å². The summed E-state index contributed by atoms with van der Waals surface area (Å²) in [5, 5.41) is 16.7. The highest BCUT2D eigenvalue weighted by atomic mass is 32.2. The lowest BCUT2D eigenvalue weighted by molar-refractivity contribution is -0.139. The summed E-state index contributed by atoms with van der Waals surface area (Å²) < 4.78 is 0. The van der Waals surface area contributed by atoms with Gasteiger partial charge in [-0.2, -0.15) is 11.8 Å². The summed E-state index contributed by atoms with van der Waals surface area (Å²) in [6, 6.07) is 3.76. The average Bonchev–Trinajstić information content (AvgIpc) is 2.86. The van der Waals surface area contributed by atoms with Crippen LogP contribution in [0, 0.1) is 0 Å². The summed E-state index contributed by atoms with van der Waals surface area (Å²) in [6.07, 6.45) is 1.87. The first kappa shape index (κ1) is 16.0. The van der Waals surface area contributed by atoms with Crippen LogP contribution in [0.5, 0.6) is 0 Å². The zero-order valence-electron chi connectivity index (χ0n) is 10.9. The largest absolute Gasteiger partial charge is 0.387 e. The highest BCUT2D eigenvalue weighted by Crippen LogP contribution is 2.09. The van der Waals surface area contributed by atoms with Crippen molar-refractivity contribution in [2.24, 2.45) is 0 Å². The highest BCUT2D eigenvalue weighted by molar-refractivity contribution is 7.98. The van der Waals surface area contributed by atoms with E-state index in [1.54, 1.807) is 6.92 Å².